The second kappa shape index (κ2) is 10.9. The molecule has 1 amide bonds. The Hall–Kier alpha value is -2.19. The van der Waals surface area contributed by atoms with Gasteiger partial charge in [0.2, 0.25) is 0 Å². The first-order valence-corrected chi connectivity index (χ1v) is 12.7. The van der Waals surface area contributed by atoms with Crippen molar-refractivity contribution in [2.75, 3.05) is 17.0 Å². The lowest BCUT2D eigenvalue weighted by Crippen LogP contribution is -2.27. The Bertz CT molecular complexity index is 1140. The molecule has 0 atom stereocenters. The first-order chi connectivity index (χ1) is 14.9. The van der Waals surface area contributed by atoms with Crippen molar-refractivity contribution in [2.24, 2.45) is 0 Å². The van der Waals surface area contributed by atoms with Gasteiger partial charge in [0.25, 0.3) is 15.9 Å². The van der Waals surface area contributed by atoms with Gasteiger partial charge in [-0.3, -0.25) is 9.52 Å². The number of carbonyl (C=O) groups is 1. The molecule has 31 heavy (non-hydrogen) atoms. The fourth-order valence-corrected chi connectivity index (χ4v) is 5.45. The molecule has 0 bridgehead atoms. The number of rotatable bonds is 9. The van der Waals surface area contributed by atoms with Crippen LogP contribution in [-0.2, 0) is 15.8 Å². The van der Waals surface area contributed by atoms with Crippen LogP contribution in [0.3, 0.4) is 0 Å². The van der Waals surface area contributed by atoms with Gasteiger partial charge < -0.3 is 5.32 Å². The lowest BCUT2D eigenvalue weighted by Gasteiger charge is -2.13. The summed E-state index contributed by atoms with van der Waals surface area (Å²) in [6, 6.07) is 19.9. The summed E-state index contributed by atoms with van der Waals surface area (Å²) in [6.45, 7) is 0.408. The molecule has 3 rings (SSSR count). The Balaban J connectivity index is 1.58. The number of hydrogen-bond donors (Lipinski definition) is 2. The predicted octanol–water partition coefficient (Wildman–Crippen LogP) is 5.46. The van der Waals surface area contributed by atoms with E-state index in [1.165, 1.54) is 12.1 Å². The standard InChI is InChI=1S/C22H20Cl2N2O3S2/c23-19-10-6-11-20(24)18(19)15-30-14-13-25-22(27)17-9-4-5-12-21(17)26-31(28,29)16-7-2-1-3-8-16/h1-12,26H,13-15H2,(H,25,27). The molecule has 0 aliphatic rings. The third-order valence-corrected chi connectivity index (χ3v) is 7.38. The summed E-state index contributed by atoms with van der Waals surface area (Å²) < 4.78 is 27.7. The Morgan fingerprint density at radius 1 is 0.871 bits per heavy atom. The molecule has 0 saturated heterocycles. The van der Waals surface area contributed by atoms with Crippen LogP contribution in [0.15, 0.2) is 77.7 Å². The molecule has 0 spiro atoms. The molecular weight excluding hydrogens is 475 g/mol. The highest BCUT2D eigenvalue weighted by Gasteiger charge is 2.18. The smallest absolute Gasteiger partial charge is 0.261 e. The zero-order chi connectivity index (χ0) is 22.3. The molecule has 0 aliphatic carbocycles. The van der Waals surface area contributed by atoms with Gasteiger partial charge in [-0.15, -0.1) is 0 Å². The van der Waals surface area contributed by atoms with E-state index in [0.717, 1.165) is 5.56 Å². The number of sulfonamides is 1. The lowest BCUT2D eigenvalue weighted by atomic mass is 10.2. The quantitative estimate of drug-likeness (QED) is 0.387. The summed E-state index contributed by atoms with van der Waals surface area (Å²) in [4.78, 5) is 12.8. The molecule has 0 heterocycles. The molecule has 9 heteroatoms. The summed E-state index contributed by atoms with van der Waals surface area (Å²) in [6.07, 6.45) is 0. The summed E-state index contributed by atoms with van der Waals surface area (Å²) in [5.41, 5.74) is 1.34. The molecule has 0 saturated carbocycles. The molecule has 3 aromatic carbocycles. The fourth-order valence-electron chi connectivity index (χ4n) is 2.75. The Labute approximate surface area is 196 Å². The lowest BCUT2D eigenvalue weighted by molar-refractivity contribution is 0.0957. The number of anilines is 1. The maximum atomic E-state index is 12.6. The highest BCUT2D eigenvalue weighted by atomic mass is 35.5. The fraction of sp³-hybridized carbons (Fsp3) is 0.136. The topological polar surface area (TPSA) is 75.3 Å². The van der Waals surface area contributed by atoms with E-state index < -0.39 is 10.0 Å². The van der Waals surface area contributed by atoms with Crippen LogP contribution >= 0.6 is 35.0 Å². The third kappa shape index (κ3) is 6.40. The average molecular weight is 495 g/mol. The van der Waals surface area contributed by atoms with Crippen LogP contribution in [-0.4, -0.2) is 26.6 Å². The van der Waals surface area contributed by atoms with Crippen molar-refractivity contribution in [2.45, 2.75) is 10.6 Å². The zero-order valence-corrected chi connectivity index (χ0v) is 19.5. The van der Waals surface area contributed by atoms with Crippen molar-refractivity contribution >= 4 is 56.6 Å². The van der Waals surface area contributed by atoms with Crippen LogP contribution in [0, 0.1) is 0 Å². The van der Waals surface area contributed by atoms with E-state index in [4.69, 9.17) is 23.2 Å². The van der Waals surface area contributed by atoms with Crippen molar-refractivity contribution in [1.29, 1.82) is 0 Å². The van der Waals surface area contributed by atoms with Gasteiger partial charge in [0, 0.05) is 28.1 Å². The minimum absolute atomic E-state index is 0.125. The molecular formula is C22H20Cl2N2O3S2. The van der Waals surface area contributed by atoms with Crippen LogP contribution < -0.4 is 10.0 Å². The Morgan fingerprint density at radius 2 is 1.52 bits per heavy atom. The number of thioether (sulfide) groups is 1. The average Bonchev–Trinajstić information content (AvgIpc) is 2.76. The van der Waals surface area contributed by atoms with Crippen molar-refractivity contribution in [1.82, 2.24) is 5.32 Å². The van der Waals surface area contributed by atoms with Crippen LogP contribution in [0.4, 0.5) is 5.69 Å². The Kier molecular flexibility index (Phi) is 8.26. The third-order valence-electron chi connectivity index (χ3n) is 4.31. The second-order valence-electron chi connectivity index (χ2n) is 6.47. The maximum Gasteiger partial charge on any atom is 0.261 e. The molecule has 2 N–H and O–H groups in total. The van der Waals surface area contributed by atoms with Gasteiger partial charge in [0.05, 0.1) is 16.1 Å². The number of hydrogen-bond acceptors (Lipinski definition) is 4. The van der Waals surface area contributed by atoms with Gasteiger partial charge in [-0.05, 0) is 42.0 Å². The summed E-state index contributed by atoms with van der Waals surface area (Å²) in [7, 11) is -3.80. The minimum atomic E-state index is -3.80. The van der Waals surface area contributed by atoms with E-state index in [1.807, 2.05) is 0 Å². The molecule has 0 aliphatic heterocycles. The van der Waals surface area contributed by atoms with Crippen molar-refractivity contribution in [3.05, 3.63) is 94.0 Å². The summed E-state index contributed by atoms with van der Waals surface area (Å²) in [5, 5.41) is 4.05. The summed E-state index contributed by atoms with van der Waals surface area (Å²) >= 11 is 13.9. The van der Waals surface area contributed by atoms with Crippen molar-refractivity contribution < 1.29 is 13.2 Å². The number of para-hydroxylation sites is 1. The first kappa shape index (κ1) is 23.5. The molecule has 0 aromatic heterocycles. The second-order valence-corrected chi connectivity index (χ2v) is 10.1. The number of carbonyl (C=O) groups excluding carboxylic acids is 1. The molecule has 0 radical (unpaired) electrons. The highest BCUT2D eigenvalue weighted by Crippen LogP contribution is 2.28. The van der Waals surface area contributed by atoms with E-state index in [2.05, 4.69) is 10.0 Å². The minimum Gasteiger partial charge on any atom is -0.351 e. The highest BCUT2D eigenvalue weighted by molar-refractivity contribution is 7.98. The number of nitrogens with one attached hydrogen (secondary N) is 2. The van der Waals surface area contributed by atoms with E-state index >= 15 is 0 Å². The summed E-state index contributed by atoms with van der Waals surface area (Å²) in [5.74, 6) is 0.912. The largest absolute Gasteiger partial charge is 0.351 e. The molecule has 162 valence electrons. The molecule has 0 unspecified atom stereocenters. The zero-order valence-electron chi connectivity index (χ0n) is 16.3. The van der Waals surface area contributed by atoms with Crippen molar-refractivity contribution in [3.63, 3.8) is 0 Å². The normalized spacial score (nSPS) is 11.2. The van der Waals surface area contributed by atoms with Crippen LogP contribution in [0.25, 0.3) is 0 Å². The van der Waals surface area contributed by atoms with E-state index in [9.17, 15) is 13.2 Å². The van der Waals surface area contributed by atoms with Crippen molar-refractivity contribution in [3.8, 4) is 0 Å². The molecule has 3 aromatic rings. The first-order valence-electron chi connectivity index (χ1n) is 9.34. The SMILES string of the molecule is O=C(NCCSCc1c(Cl)cccc1Cl)c1ccccc1NS(=O)(=O)c1ccccc1. The van der Waals surface area contributed by atoms with Gasteiger partial charge >= 0.3 is 0 Å². The van der Waals surface area contributed by atoms with E-state index in [-0.39, 0.29) is 22.1 Å². The number of benzene rings is 3. The molecule has 5 nitrogen and oxygen atoms in total. The van der Waals surface area contributed by atoms with Gasteiger partial charge in [-0.2, -0.15) is 11.8 Å². The van der Waals surface area contributed by atoms with Gasteiger partial charge in [-0.25, -0.2) is 8.42 Å². The molecule has 0 fully saturated rings. The number of halogens is 2. The van der Waals surface area contributed by atoms with Crippen LogP contribution in [0.1, 0.15) is 15.9 Å². The van der Waals surface area contributed by atoms with Gasteiger partial charge in [0.1, 0.15) is 0 Å². The predicted molar refractivity (Wildman–Crippen MR) is 129 cm³/mol. The van der Waals surface area contributed by atoms with Crippen LogP contribution in [0.5, 0.6) is 0 Å². The van der Waals surface area contributed by atoms with E-state index in [0.29, 0.717) is 28.1 Å². The van der Waals surface area contributed by atoms with Gasteiger partial charge in [-0.1, -0.05) is 59.6 Å². The monoisotopic (exact) mass is 494 g/mol. The Morgan fingerprint density at radius 3 is 2.23 bits per heavy atom. The number of amides is 1. The van der Waals surface area contributed by atoms with E-state index in [1.54, 1.807) is 72.4 Å². The van der Waals surface area contributed by atoms with Crippen LogP contribution in [0.2, 0.25) is 10.0 Å². The van der Waals surface area contributed by atoms with Gasteiger partial charge in [0.15, 0.2) is 0 Å². The maximum absolute atomic E-state index is 12.6.